The SMILES string of the molecule is CCCCCCN1C(=O)/C(=C\c2c(C)c(C#N)c(=O)n(CCC)c2NCc2ccc(OC)cc2)SC1=S. The van der Waals surface area contributed by atoms with Gasteiger partial charge in [-0.1, -0.05) is 69.2 Å². The molecule has 0 saturated carbocycles. The number of hydrogen-bond donors (Lipinski definition) is 1. The molecule has 37 heavy (non-hydrogen) atoms. The van der Waals surface area contributed by atoms with Gasteiger partial charge in [0, 0.05) is 25.2 Å². The first-order valence-electron chi connectivity index (χ1n) is 12.7. The van der Waals surface area contributed by atoms with Crippen molar-refractivity contribution in [2.75, 3.05) is 19.0 Å². The number of rotatable bonds is 12. The molecule has 196 valence electrons. The molecule has 3 rings (SSSR count). The molecule has 0 radical (unpaired) electrons. The van der Waals surface area contributed by atoms with Gasteiger partial charge in [0.05, 0.1) is 12.0 Å². The fourth-order valence-electron chi connectivity index (χ4n) is 4.24. The molecule has 0 spiro atoms. The van der Waals surface area contributed by atoms with E-state index in [0.29, 0.717) is 52.2 Å². The standard InChI is InChI=1S/C28H34N4O3S2/c1-5-7-8-9-15-32-27(34)24(37-28(32)36)16-22-19(3)23(17-29)26(33)31(14-6-2)25(22)30-18-20-10-12-21(35-4)13-11-20/h10-13,16,30H,5-9,14-15,18H2,1-4H3/b24-16+. The summed E-state index contributed by atoms with van der Waals surface area (Å²) in [7, 11) is 1.62. The fraction of sp³-hybridized carbons (Fsp3) is 0.429. The Bertz CT molecular complexity index is 1280. The zero-order valence-electron chi connectivity index (χ0n) is 21.9. The number of pyridine rings is 1. The first-order chi connectivity index (χ1) is 17.9. The lowest BCUT2D eigenvalue weighted by molar-refractivity contribution is -0.122. The second-order valence-corrected chi connectivity index (χ2v) is 10.6. The second-order valence-electron chi connectivity index (χ2n) is 8.93. The van der Waals surface area contributed by atoms with Crippen LogP contribution in [0.1, 0.15) is 68.2 Å². The highest BCUT2D eigenvalue weighted by atomic mass is 32.2. The number of thioether (sulfide) groups is 1. The average Bonchev–Trinajstić information content (AvgIpc) is 3.16. The minimum Gasteiger partial charge on any atom is -0.497 e. The van der Waals surface area contributed by atoms with Crippen molar-refractivity contribution in [3.8, 4) is 11.8 Å². The quantitative estimate of drug-likeness (QED) is 0.206. The third kappa shape index (κ3) is 6.62. The lowest BCUT2D eigenvalue weighted by atomic mass is 10.0. The minimum absolute atomic E-state index is 0.0877. The molecule has 7 nitrogen and oxygen atoms in total. The lowest BCUT2D eigenvalue weighted by Crippen LogP contribution is -2.29. The van der Waals surface area contributed by atoms with Gasteiger partial charge >= 0.3 is 0 Å². The number of benzene rings is 1. The number of carbonyl (C=O) groups excluding carboxylic acids is 1. The maximum absolute atomic E-state index is 13.3. The molecule has 1 aliphatic rings. The Kier molecular flexibility index (Phi) is 10.4. The van der Waals surface area contributed by atoms with Gasteiger partial charge in [-0.25, -0.2) is 0 Å². The van der Waals surface area contributed by atoms with E-state index in [0.717, 1.165) is 37.0 Å². The Balaban J connectivity index is 2.02. The average molecular weight is 539 g/mol. The summed E-state index contributed by atoms with van der Waals surface area (Å²) in [6.45, 7) is 7.39. The molecule has 0 bridgehead atoms. The third-order valence-electron chi connectivity index (χ3n) is 6.33. The number of nitrogens with one attached hydrogen (secondary N) is 1. The summed E-state index contributed by atoms with van der Waals surface area (Å²) in [4.78, 5) is 28.6. The number of hydrogen-bond acceptors (Lipinski definition) is 7. The molecule has 1 aliphatic heterocycles. The molecule has 1 saturated heterocycles. The third-order valence-corrected chi connectivity index (χ3v) is 7.70. The molecular weight excluding hydrogens is 504 g/mol. The Morgan fingerprint density at radius 1 is 1.11 bits per heavy atom. The van der Waals surface area contributed by atoms with Gasteiger partial charge in [0.15, 0.2) is 0 Å². The number of carbonyl (C=O) groups is 1. The number of methoxy groups -OCH3 is 1. The predicted octanol–water partition coefficient (Wildman–Crippen LogP) is 5.84. The molecule has 1 N–H and O–H groups in total. The molecule has 1 aromatic carbocycles. The van der Waals surface area contributed by atoms with Crippen molar-refractivity contribution in [2.24, 2.45) is 0 Å². The molecule has 0 atom stereocenters. The van der Waals surface area contributed by atoms with E-state index in [1.165, 1.54) is 11.8 Å². The Morgan fingerprint density at radius 2 is 1.84 bits per heavy atom. The van der Waals surface area contributed by atoms with Crippen molar-refractivity contribution >= 4 is 46.1 Å². The van der Waals surface area contributed by atoms with Crippen LogP contribution < -0.4 is 15.6 Å². The highest BCUT2D eigenvalue weighted by Gasteiger charge is 2.32. The van der Waals surface area contributed by atoms with Crippen LogP contribution in [0, 0.1) is 18.3 Å². The van der Waals surface area contributed by atoms with E-state index in [4.69, 9.17) is 17.0 Å². The summed E-state index contributed by atoms with van der Waals surface area (Å²) in [6, 6.07) is 9.75. The van der Waals surface area contributed by atoms with Crippen LogP contribution in [0.15, 0.2) is 34.0 Å². The molecule has 1 aromatic heterocycles. The maximum Gasteiger partial charge on any atom is 0.270 e. The van der Waals surface area contributed by atoms with E-state index in [2.05, 4.69) is 18.3 Å². The highest BCUT2D eigenvalue weighted by molar-refractivity contribution is 8.26. The second kappa shape index (κ2) is 13.5. The van der Waals surface area contributed by atoms with E-state index in [1.54, 1.807) is 29.6 Å². The van der Waals surface area contributed by atoms with Crippen LogP contribution in [0.5, 0.6) is 5.75 Å². The summed E-state index contributed by atoms with van der Waals surface area (Å²) >= 11 is 6.79. The topological polar surface area (TPSA) is 87.4 Å². The van der Waals surface area contributed by atoms with Gasteiger partial charge < -0.3 is 10.1 Å². The van der Waals surface area contributed by atoms with Crippen LogP contribution in [0.2, 0.25) is 0 Å². The van der Waals surface area contributed by atoms with Gasteiger partial charge in [0.25, 0.3) is 11.5 Å². The van der Waals surface area contributed by atoms with Gasteiger partial charge in [0.2, 0.25) is 0 Å². The predicted molar refractivity (Wildman–Crippen MR) is 155 cm³/mol. The fourth-order valence-corrected chi connectivity index (χ4v) is 5.53. The summed E-state index contributed by atoms with van der Waals surface area (Å²) in [5, 5.41) is 13.2. The van der Waals surface area contributed by atoms with Crippen molar-refractivity contribution in [1.82, 2.24) is 9.47 Å². The van der Waals surface area contributed by atoms with Gasteiger partial charge in [-0.3, -0.25) is 19.1 Å². The molecule has 9 heteroatoms. The molecule has 0 unspecified atom stereocenters. The summed E-state index contributed by atoms with van der Waals surface area (Å²) in [5.41, 5.74) is 1.96. The van der Waals surface area contributed by atoms with Crippen molar-refractivity contribution in [2.45, 2.75) is 66.0 Å². The zero-order valence-corrected chi connectivity index (χ0v) is 23.6. The van der Waals surface area contributed by atoms with Crippen LogP contribution >= 0.6 is 24.0 Å². The Labute approximate surface area is 228 Å². The van der Waals surface area contributed by atoms with Crippen LogP contribution in [-0.2, 0) is 17.9 Å². The van der Waals surface area contributed by atoms with Crippen LogP contribution in [0.25, 0.3) is 6.08 Å². The first-order valence-corrected chi connectivity index (χ1v) is 13.9. The van der Waals surface area contributed by atoms with E-state index in [1.807, 2.05) is 31.2 Å². The van der Waals surface area contributed by atoms with Crippen LogP contribution in [0.4, 0.5) is 5.82 Å². The smallest absolute Gasteiger partial charge is 0.270 e. The van der Waals surface area contributed by atoms with Crippen molar-refractivity contribution in [1.29, 1.82) is 5.26 Å². The van der Waals surface area contributed by atoms with E-state index in [-0.39, 0.29) is 17.0 Å². The number of thiocarbonyl (C=S) groups is 1. The summed E-state index contributed by atoms with van der Waals surface area (Å²) in [6.07, 6.45) is 6.70. The summed E-state index contributed by atoms with van der Waals surface area (Å²) < 4.78 is 7.39. The molecule has 1 amide bonds. The number of amides is 1. The van der Waals surface area contributed by atoms with Gasteiger partial charge in [0.1, 0.15) is 27.5 Å². The first kappa shape index (κ1) is 28.5. The molecule has 1 fully saturated rings. The molecule has 2 heterocycles. The number of ether oxygens (including phenoxy) is 1. The van der Waals surface area contributed by atoms with Crippen molar-refractivity contribution in [3.05, 3.63) is 61.8 Å². The number of aromatic nitrogens is 1. The van der Waals surface area contributed by atoms with Gasteiger partial charge in [-0.2, -0.15) is 5.26 Å². The zero-order chi connectivity index (χ0) is 26.9. The Hall–Kier alpha value is -3.09. The molecule has 2 aromatic rings. The van der Waals surface area contributed by atoms with Gasteiger partial charge in [-0.15, -0.1) is 0 Å². The largest absolute Gasteiger partial charge is 0.497 e. The normalized spacial score (nSPS) is 14.4. The van der Waals surface area contributed by atoms with E-state index in [9.17, 15) is 14.9 Å². The lowest BCUT2D eigenvalue weighted by Gasteiger charge is -2.20. The Morgan fingerprint density at radius 3 is 2.46 bits per heavy atom. The van der Waals surface area contributed by atoms with E-state index >= 15 is 0 Å². The van der Waals surface area contributed by atoms with Crippen molar-refractivity contribution in [3.63, 3.8) is 0 Å². The summed E-state index contributed by atoms with van der Waals surface area (Å²) in [5.74, 6) is 1.23. The van der Waals surface area contributed by atoms with Crippen LogP contribution in [-0.4, -0.2) is 33.3 Å². The molecule has 0 aliphatic carbocycles. The highest BCUT2D eigenvalue weighted by Crippen LogP contribution is 2.35. The van der Waals surface area contributed by atoms with Crippen LogP contribution in [0.3, 0.4) is 0 Å². The maximum atomic E-state index is 13.3. The molecular formula is C28H34N4O3S2. The van der Waals surface area contributed by atoms with Crippen molar-refractivity contribution < 1.29 is 9.53 Å². The number of unbranched alkanes of at least 4 members (excludes halogenated alkanes) is 3. The van der Waals surface area contributed by atoms with E-state index < -0.39 is 0 Å². The minimum atomic E-state index is -0.334. The van der Waals surface area contributed by atoms with Gasteiger partial charge in [-0.05, 0) is 49.1 Å². The number of nitriles is 1. The monoisotopic (exact) mass is 538 g/mol. The number of nitrogens with zero attached hydrogens (tertiary/aromatic N) is 3. The number of anilines is 1.